The largest absolute Gasteiger partial charge is 0.326 e. The van der Waals surface area contributed by atoms with Crippen LogP contribution in [0.4, 0.5) is 11.4 Å². The van der Waals surface area contributed by atoms with Gasteiger partial charge in [0.05, 0.1) is 16.5 Å². The van der Waals surface area contributed by atoms with Gasteiger partial charge in [-0.05, 0) is 48.9 Å². The van der Waals surface area contributed by atoms with Gasteiger partial charge in [0, 0.05) is 22.0 Å². The van der Waals surface area contributed by atoms with Crippen LogP contribution in [0.2, 0.25) is 10.0 Å². The van der Waals surface area contributed by atoms with E-state index in [1.54, 1.807) is 18.2 Å². The normalized spacial score (nSPS) is 10.4. The molecule has 0 aliphatic heterocycles. The number of amides is 2. The number of thioether (sulfide) groups is 1. The predicted octanol–water partition coefficient (Wildman–Crippen LogP) is 5.85. The number of nitrogens with one attached hydrogen (secondary N) is 2. The number of rotatable bonds is 8. The van der Waals surface area contributed by atoms with Gasteiger partial charge in [0.15, 0.2) is 0 Å². The molecule has 138 valence electrons. The Morgan fingerprint density at radius 2 is 1.73 bits per heavy atom. The molecule has 0 saturated carbocycles. The van der Waals surface area contributed by atoms with Gasteiger partial charge in [0.1, 0.15) is 0 Å². The molecular formula is C19H20Cl2N2O2S. The lowest BCUT2D eigenvalue weighted by Crippen LogP contribution is -2.14. The van der Waals surface area contributed by atoms with Crippen LogP contribution in [-0.2, 0) is 9.59 Å². The molecule has 0 fully saturated rings. The third-order valence-electron chi connectivity index (χ3n) is 3.47. The first-order chi connectivity index (χ1) is 12.5. The summed E-state index contributed by atoms with van der Waals surface area (Å²) >= 11 is 13.3. The molecule has 0 aliphatic rings. The van der Waals surface area contributed by atoms with Gasteiger partial charge in [-0.15, -0.1) is 11.8 Å². The summed E-state index contributed by atoms with van der Waals surface area (Å²) in [5.41, 5.74) is 1.29. The first-order valence-electron chi connectivity index (χ1n) is 8.25. The smallest absolute Gasteiger partial charge is 0.234 e. The second-order valence-corrected chi connectivity index (χ2v) is 7.53. The van der Waals surface area contributed by atoms with Crippen LogP contribution in [0.5, 0.6) is 0 Å². The van der Waals surface area contributed by atoms with Crippen molar-refractivity contribution in [3.05, 3.63) is 52.5 Å². The van der Waals surface area contributed by atoms with Gasteiger partial charge in [0.25, 0.3) is 0 Å². The monoisotopic (exact) mass is 410 g/mol. The van der Waals surface area contributed by atoms with E-state index in [-0.39, 0.29) is 17.6 Å². The maximum atomic E-state index is 12.1. The quantitative estimate of drug-likeness (QED) is 0.536. The van der Waals surface area contributed by atoms with Crippen molar-refractivity contribution in [1.82, 2.24) is 0 Å². The highest BCUT2D eigenvalue weighted by atomic mass is 35.5. The molecule has 2 rings (SSSR count). The number of hydrogen-bond acceptors (Lipinski definition) is 3. The third kappa shape index (κ3) is 6.90. The van der Waals surface area contributed by atoms with Crippen LogP contribution in [0.25, 0.3) is 0 Å². The average molecular weight is 411 g/mol. The summed E-state index contributed by atoms with van der Waals surface area (Å²) in [5, 5.41) is 6.54. The minimum Gasteiger partial charge on any atom is -0.326 e. The number of benzene rings is 2. The number of anilines is 2. The minimum absolute atomic E-state index is 0.0199. The highest BCUT2D eigenvalue weighted by Gasteiger charge is 2.08. The summed E-state index contributed by atoms with van der Waals surface area (Å²) in [4.78, 5) is 24.7. The van der Waals surface area contributed by atoms with E-state index in [0.29, 0.717) is 22.2 Å². The van der Waals surface area contributed by atoms with E-state index >= 15 is 0 Å². The molecule has 0 spiro atoms. The molecule has 0 atom stereocenters. The Morgan fingerprint density at radius 1 is 1.00 bits per heavy atom. The third-order valence-corrected chi connectivity index (χ3v) is 5.03. The van der Waals surface area contributed by atoms with E-state index < -0.39 is 0 Å². The molecule has 2 amide bonds. The van der Waals surface area contributed by atoms with Crippen molar-refractivity contribution >= 4 is 58.2 Å². The number of unbranched alkanes of at least 4 members (excludes halogenated alkanes) is 1. The number of carbonyl (C=O) groups excluding carboxylic acids is 2. The van der Waals surface area contributed by atoms with Crippen molar-refractivity contribution in [2.45, 2.75) is 31.1 Å². The van der Waals surface area contributed by atoms with Crippen LogP contribution in [0.3, 0.4) is 0 Å². The van der Waals surface area contributed by atoms with Crippen molar-refractivity contribution in [3.63, 3.8) is 0 Å². The van der Waals surface area contributed by atoms with Crippen LogP contribution in [0.1, 0.15) is 26.2 Å². The molecule has 0 aliphatic carbocycles. The molecule has 2 aromatic rings. The van der Waals surface area contributed by atoms with Crippen LogP contribution >= 0.6 is 35.0 Å². The fraction of sp³-hybridized carbons (Fsp3) is 0.263. The van der Waals surface area contributed by atoms with Crippen molar-refractivity contribution in [3.8, 4) is 0 Å². The Morgan fingerprint density at radius 3 is 2.38 bits per heavy atom. The number of hydrogen-bond donors (Lipinski definition) is 2. The number of halogens is 2. The zero-order valence-corrected chi connectivity index (χ0v) is 16.7. The lowest BCUT2D eigenvalue weighted by molar-refractivity contribution is -0.116. The van der Waals surface area contributed by atoms with Gasteiger partial charge < -0.3 is 10.6 Å². The second kappa shape index (κ2) is 10.5. The fourth-order valence-corrected chi connectivity index (χ4v) is 3.28. The van der Waals surface area contributed by atoms with Gasteiger partial charge in [-0.3, -0.25) is 9.59 Å². The van der Waals surface area contributed by atoms with Crippen LogP contribution in [0, 0.1) is 0 Å². The summed E-state index contributed by atoms with van der Waals surface area (Å²) in [6, 6.07) is 12.3. The maximum absolute atomic E-state index is 12.1. The van der Waals surface area contributed by atoms with E-state index in [4.69, 9.17) is 23.2 Å². The molecule has 2 aromatic carbocycles. The highest BCUT2D eigenvalue weighted by Crippen LogP contribution is 2.26. The predicted molar refractivity (Wildman–Crippen MR) is 110 cm³/mol. The molecule has 0 unspecified atom stereocenters. The minimum atomic E-state index is -0.156. The summed E-state index contributed by atoms with van der Waals surface area (Å²) in [6.45, 7) is 2.05. The van der Waals surface area contributed by atoms with Gasteiger partial charge in [-0.25, -0.2) is 0 Å². The molecule has 0 bridgehead atoms. The molecule has 7 heteroatoms. The van der Waals surface area contributed by atoms with Crippen LogP contribution in [-0.4, -0.2) is 17.6 Å². The fourth-order valence-electron chi connectivity index (χ4n) is 2.12. The van der Waals surface area contributed by atoms with E-state index in [9.17, 15) is 9.59 Å². The SMILES string of the molecule is CCCCC(=O)Nc1ccc(SCC(=O)Nc2ccc(Cl)cc2Cl)cc1. The molecule has 0 radical (unpaired) electrons. The molecule has 26 heavy (non-hydrogen) atoms. The van der Waals surface area contributed by atoms with Crippen molar-refractivity contribution in [2.24, 2.45) is 0 Å². The Labute approximate surface area is 167 Å². The standard InChI is InChI=1S/C19H20Cl2N2O2S/c1-2-3-4-18(24)22-14-6-8-15(9-7-14)26-12-19(25)23-17-10-5-13(20)11-16(17)21/h5-11H,2-4,12H2,1H3,(H,22,24)(H,23,25). The summed E-state index contributed by atoms with van der Waals surface area (Å²) < 4.78 is 0. The van der Waals surface area contributed by atoms with Crippen molar-refractivity contribution in [1.29, 1.82) is 0 Å². The molecule has 2 N–H and O–H groups in total. The topological polar surface area (TPSA) is 58.2 Å². The lowest BCUT2D eigenvalue weighted by atomic mass is 10.2. The first kappa shape index (κ1) is 20.6. The molecule has 0 saturated heterocycles. The van der Waals surface area contributed by atoms with E-state index in [1.165, 1.54) is 11.8 Å². The molecule has 0 heterocycles. The molecule has 0 aromatic heterocycles. The van der Waals surface area contributed by atoms with Gasteiger partial charge >= 0.3 is 0 Å². The zero-order valence-electron chi connectivity index (χ0n) is 14.4. The zero-order chi connectivity index (χ0) is 18.9. The maximum Gasteiger partial charge on any atom is 0.234 e. The van der Waals surface area contributed by atoms with Gasteiger partial charge in [-0.1, -0.05) is 36.5 Å². The number of carbonyl (C=O) groups is 2. The Balaban J connectivity index is 1.81. The van der Waals surface area contributed by atoms with Crippen molar-refractivity contribution < 1.29 is 9.59 Å². The Bertz CT molecular complexity index is 767. The molecule has 4 nitrogen and oxygen atoms in total. The van der Waals surface area contributed by atoms with E-state index in [0.717, 1.165) is 23.4 Å². The first-order valence-corrected chi connectivity index (χ1v) is 9.99. The summed E-state index contributed by atoms with van der Waals surface area (Å²) in [5.74, 6) is 0.115. The van der Waals surface area contributed by atoms with Gasteiger partial charge in [0.2, 0.25) is 11.8 Å². The lowest BCUT2D eigenvalue weighted by Gasteiger charge is -2.08. The van der Waals surface area contributed by atoms with Crippen LogP contribution in [0.15, 0.2) is 47.4 Å². The van der Waals surface area contributed by atoms with Crippen LogP contribution < -0.4 is 10.6 Å². The summed E-state index contributed by atoms with van der Waals surface area (Å²) in [6.07, 6.45) is 2.40. The Kier molecular flexibility index (Phi) is 8.29. The van der Waals surface area contributed by atoms with Gasteiger partial charge in [-0.2, -0.15) is 0 Å². The van der Waals surface area contributed by atoms with Crippen molar-refractivity contribution in [2.75, 3.05) is 16.4 Å². The van der Waals surface area contributed by atoms with E-state index in [2.05, 4.69) is 17.6 Å². The highest BCUT2D eigenvalue weighted by molar-refractivity contribution is 8.00. The second-order valence-electron chi connectivity index (χ2n) is 5.64. The molecular weight excluding hydrogens is 391 g/mol. The Hall–Kier alpha value is -1.69. The average Bonchev–Trinajstić information content (AvgIpc) is 2.62. The van der Waals surface area contributed by atoms with E-state index in [1.807, 2.05) is 24.3 Å². The summed E-state index contributed by atoms with van der Waals surface area (Å²) in [7, 11) is 0.